The van der Waals surface area contributed by atoms with Gasteiger partial charge in [-0.15, -0.1) is 0 Å². The van der Waals surface area contributed by atoms with E-state index < -0.39 is 23.9 Å². The number of hydrogen-bond donors (Lipinski definition) is 8. The van der Waals surface area contributed by atoms with Gasteiger partial charge in [0.2, 0.25) is 17.7 Å². The van der Waals surface area contributed by atoms with Crippen LogP contribution in [0.25, 0.3) is 0 Å². The number of carbonyl (C=O) groups excluding carboxylic acids is 3. The van der Waals surface area contributed by atoms with Crippen molar-refractivity contribution in [3.8, 4) is 0 Å². The van der Waals surface area contributed by atoms with Gasteiger partial charge < -0.3 is 38.9 Å². The van der Waals surface area contributed by atoms with E-state index in [1.54, 1.807) is 0 Å². The lowest BCUT2D eigenvalue weighted by Gasteiger charge is -2.30. The molecule has 1 aromatic rings. The second-order valence-corrected chi connectivity index (χ2v) is 11.4. The van der Waals surface area contributed by atoms with Crippen LogP contribution in [-0.4, -0.2) is 54.9 Å². The van der Waals surface area contributed by atoms with Gasteiger partial charge in [-0.05, 0) is 69.4 Å². The molecule has 0 heterocycles. The average molecular weight is 573 g/mol. The highest BCUT2D eigenvalue weighted by molar-refractivity contribution is 5.87. The number of guanidine groups is 1. The minimum Gasteiger partial charge on any atom is -0.370 e. The fourth-order valence-corrected chi connectivity index (χ4v) is 5.64. The SMILES string of the molecule is N=C(N)NCCCC(CC(CC1CCCCC1)C(=O)NC(CCCCN)C(N)=O)NC(=O)C(N)Cc1ccccc1. The number of rotatable bonds is 19. The van der Waals surface area contributed by atoms with Gasteiger partial charge >= 0.3 is 0 Å². The number of amides is 3. The molecular weight excluding hydrogens is 520 g/mol. The lowest BCUT2D eigenvalue weighted by atomic mass is 9.80. The highest BCUT2D eigenvalue weighted by atomic mass is 16.2. The molecule has 3 amide bonds. The van der Waals surface area contributed by atoms with Crippen LogP contribution in [0.3, 0.4) is 0 Å². The summed E-state index contributed by atoms with van der Waals surface area (Å²) in [5, 5.41) is 16.2. The van der Waals surface area contributed by atoms with Gasteiger partial charge in [-0.25, -0.2) is 0 Å². The molecule has 1 aliphatic rings. The van der Waals surface area contributed by atoms with Crippen LogP contribution in [0.1, 0.15) is 82.6 Å². The van der Waals surface area contributed by atoms with Crippen molar-refractivity contribution in [2.24, 2.45) is 34.8 Å². The lowest BCUT2D eigenvalue weighted by Crippen LogP contribution is -2.50. The summed E-state index contributed by atoms with van der Waals surface area (Å²) in [6.07, 6.45) is 10.2. The van der Waals surface area contributed by atoms with Crippen molar-refractivity contribution in [2.45, 2.75) is 102 Å². The molecule has 2 rings (SSSR count). The standard InChI is InChI=1S/C30H52N8O3/c31-16-8-7-15-26(27(33)39)38-28(40)23(18-21-10-3-1-4-11-21)20-24(14-9-17-36-30(34)35)37-29(41)25(32)19-22-12-5-2-6-13-22/h2,5-6,12-13,21,23-26H,1,3-4,7-11,14-20,31-32H2,(H2,33,39)(H,37,41)(H,38,40)(H4,34,35,36). The van der Waals surface area contributed by atoms with Crippen molar-refractivity contribution in [3.05, 3.63) is 35.9 Å². The monoisotopic (exact) mass is 572 g/mol. The van der Waals surface area contributed by atoms with Crippen LogP contribution in [0.5, 0.6) is 0 Å². The van der Waals surface area contributed by atoms with Crippen LogP contribution in [0, 0.1) is 17.2 Å². The minimum absolute atomic E-state index is 0.114. The van der Waals surface area contributed by atoms with E-state index in [1.807, 2.05) is 30.3 Å². The predicted octanol–water partition coefficient (Wildman–Crippen LogP) is 1.38. The van der Waals surface area contributed by atoms with Crippen molar-refractivity contribution >= 4 is 23.7 Å². The third kappa shape index (κ3) is 13.8. The number of hydrogen-bond acceptors (Lipinski definition) is 6. The van der Waals surface area contributed by atoms with Gasteiger partial charge in [0.15, 0.2) is 5.96 Å². The number of nitrogens with one attached hydrogen (secondary N) is 4. The van der Waals surface area contributed by atoms with Gasteiger partial charge in [0.1, 0.15) is 6.04 Å². The summed E-state index contributed by atoms with van der Waals surface area (Å²) in [7, 11) is 0. The molecule has 0 aliphatic heterocycles. The molecule has 1 aromatic carbocycles. The second kappa shape index (κ2) is 19.0. The number of benzene rings is 1. The van der Waals surface area contributed by atoms with Gasteiger partial charge in [-0.3, -0.25) is 19.8 Å². The molecule has 0 aromatic heterocycles. The maximum Gasteiger partial charge on any atom is 0.239 e. The maximum atomic E-state index is 13.6. The first kappa shape index (κ1) is 34.0. The molecule has 11 heteroatoms. The first-order chi connectivity index (χ1) is 19.7. The molecule has 230 valence electrons. The Morgan fingerprint density at radius 1 is 0.927 bits per heavy atom. The van der Waals surface area contributed by atoms with E-state index in [1.165, 1.54) is 6.42 Å². The zero-order valence-corrected chi connectivity index (χ0v) is 24.4. The average Bonchev–Trinajstić information content (AvgIpc) is 2.95. The molecule has 11 nitrogen and oxygen atoms in total. The topological polar surface area (TPSA) is 215 Å². The Morgan fingerprint density at radius 3 is 2.27 bits per heavy atom. The quantitative estimate of drug-likeness (QED) is 0.0691. The molecule has 1 fully saturated rings. The van der Waals surface area contributed by atoms with Crippen LogP contribution < -0.4 is 38.9 Å². The Kier molecular flexibility index (Phi) is 15.8. The molecule has 41 heavy (non-hydrogen) atoms. The van der Waals surface area contributed by atoms with Gasteiger partial charge in [-0.2, -0.15) is 0 Å². The number of primary amides is 1. The highest BCUT2D eigenvalue weighted by Crippen LogP contribution is 2.31. The van der Waals surface area contributed by atoms with E-state index in [4.69, 9.17) is 28.3 Å². The van der Waals surface area contributed by atoms with Gasteiger partial charge in [-0.1, -0.05) is 62.4 Å². The van der Waals surface area contributed by atoms with E-state index in [0.717, 1.165) is 37.7 Å². The highest BCUT2D eigenvalue weighted by Gasteiger charge is 2.30. The summed E-state index contributed by atoms with van der Waals surface area (Å²) in [6.45, 7) is 0.984. The molecule has 12 N–H and O–H groups in total. The second-order valence-electron chi connectivity index (χ2n) is 11.4. The maximum absolute atomic E-state index is 13.6. The van der Waals surface area contributed by atoms with E-state index in [-0.39, 0.29) is 23.8 Å². The van der Waals surface area contributed by atoms with Crippen LogP contribution in [-0.2, 0) is 20.8 Å². The number of carbonyl (C=O) groups is 3. The van der Waals surface area contributed by atoms with E-state index in [0.29, 0.717) is 64.0 Å². The van der Waals surface area contributed by atoms with Crippen molar-refractivity contribution < 1.29 is 14.4 Å². The Balaban J connectivity index is 2.16. The Morgan fingerprint density at radius 2 is 1.63 bits per heavy atom. The molecule has 1 aliphatic carbocycles. The summed E-state index contributed by atoms with van der Waals surface area (Å²) in [6, 6.07) is 7.80. The number of unbranched alkanes of at least 4 members (excludes halogenated alkanes) is 1. The van der Waals surface area contributed by atoms with E-state index in [9.17, 15) is 14.4 Å². The molecule has 0 bridgehead atoms. The molecule has 0 spiro atoms. The van der Waals surface area contributed by atoms with E-state index >= 15 is 0 Å². The molecule has 4 unspecified atom stereocenters. The van der Waals surface area contributed by atoms with Gasteiger partial charge in [0.05, 0.1) is 6.04 Å². The Bertz CT molecular complexity index is 939. The largest absolute Gasteiger partial charge is 0.370 e. The fourth-order valence-electron chi connectivity index (χ4n) is 5.64. The van der Waals surface area contributed by atoms with Crippen LogP contribution in [0.4, 0.5) is 0 Å². The number of nitrogens with two attached hydrogens (primary N) is 4. The first-order valence-electron chi connectivity index (χ1n) is 15.2. The van der Waals surface area contributed by atoms with Crippen molar-refractivity contribution in [3.63, 3.8) is 0 Å². The predicted molar refractivity (Wildman–Crippen MR) is 163 cm³/mol. The summed E-state index contributed by atoms with van der Waals surface area (Å²) in [5.41, 5.74) is 23.9. The normalized spacial score (nSPS) is 16.6. The van der Waals surface area contributed by atoms with Crippen LogP contribution in [0.2, 0.25) is 0 Å². The zero-order valence-electron chi connectivity index (χ0n) is 24.4. The Labute approximate surface area is 244 Å². The smallest absolute Gasteiger partial charge is 0.239 e. The molecule has 0 saturated heterocycles. The molecule has 4 atom stereocenters. The third-order valence-electron chi connectivity index (χ3n) is 7.92. The zero-order chi connectivity index (χ0) is 30.0. The molecule has 1 saturated carbocycles. The third-order valence-corrected chi connectivity index (χ3v) is 7.92. The van der Waals surface area contributed by atoms with Crippen LogP contribution >= 0.6 is 0 Å². The molecular formula is C30H52N8O3. The summed E-state index contributed by atoms with van der Waals surface area (Å²) >= 11 is 0. The van der Waals surface area contributed by atoms with Crippen molar-refractivity contribution in [2.75, 3.05) is 13.1 Å². The van der Waals surface area contributed by atoms with Gasteiger partial charge in [0, 0.05) is 18.5 Å². The summed E-state index contributed by atoms with van der Waals surface area (Å²) in [5.74, 6) is -1.13. The van der Waals surface area contributed by atoms with Crippen molar-refractivity contribution in [1.82, 2.24) is 16.0 Å². The minimum atomic E-state index is -0.755. The fraction of sp³-hybridized carbons (Fsp3) is 0.667. The Hall–Kier alpha value is -3.18. The van der Waals surface area contributed by atoms with Gasteiger partial charge in [0.25, 0.3) is 0 Å². The summed E-state index contributed by atoms with van der Waals surface area (Å²) < 4.78 is 0. The van der Waals surface area contributed by atoms with E-state index in [2.05, 4.69) is 16.0 Å². The first-order valence-corrected chi connectivity index (χ1v) is 15.2. The molecule has 0 radical (unpaired) electrons. The van der Waals surface area contributed by atoms with Crippen LogP contribution in [0.15, 0.2) is 30.3 Å². The summed E-state index contributed by atoms with van der Waals surface area (Å²) in [4.78, 5) is 39.0. The lowest BCUT2D eigenvalue weighted by molar-refractivity contribution is -0.131. The van der Waals surface area contributed by atoms with Crippen molar-refractivity contribution in [1.29, 1.82) is 5.41 Å².